The number of benzene rings is 1. The maximum atomic E-state index is 13.9. The second-order valence-electron chi connectivity index (χ2n) is 6.68. The van der Waals surface area contributed by atoms with Gasteiger partial charge in [-0.3, -0.25) is 0 Å². The van der Waals surface area contributed by atoms with Gasteiger partial charge >= 0.3 is 29.9 Å². The third-order valence-electron chi connectivity index (χ3n) is 4.31. The van der Waals surface area contributed by atoms with E-state index in [2.05, 4.69) is 4.74 Å². The summed E-state index contributed by atoms with van der Waals surface area (Å²) in [7, 11) is 0.762. The molecule has 0 heterocycles. The summed E-state index contributed by atoms with van der Waals surface area (Å²) in [5.41, 5.74) is 0.523. The van der Waals surface area contributed by atoms with Crippen molar-refractivity contribution in [1.29, 1.82) is 0 Å². The van der Waals surface area contributed by atoms with Crippen LogP contribution >= 0.6 is 0 Å². The zero-order chi connectivity index (χ0) is 23.1. The third kappa shape index (κ3) is 4.46. The van der Waals surface area contributed by atoms with Gasteiger partial charge in [-0.15, -0.1) is 0 Å². The molecule has 1 aromatic rings. The van der Waals surface area contributed by atoms with Crippen molar-refractivity contribution in [1.82, 2.24) is 0 Å². The fraction of sp³-hybridized carbons (Fsp3) is 0.647. The number of hydrogen-bond acceptors (Lipinski definition) is 1. The Morgan fingerprint density at radius 2 is 1.10 bits per heavy atom. The molecule has 12 heteroatoms. The normalized spacial score (nSPS) is 15.7. The maximum Gasteiger partial charge on any atom is 0.460 e. The molecule has 1 unspecified atom stereocenters. The number of rotatable bonds is 8. The Morgan fingerprint density at radius 3 is 1.45 bits per heavy atom. The highest BCUT2D eigenvalue weighted by Crippen LogP contribution is 2.58. The first-order valence-electron chi connectivity index (χ1n) is 8.04. The second kappa shape index (κ2) is 7.92. The van der Waals surface area contributed by atoms with E-state index in [1.807, 2.05) is 0 Å². The van der Waals surface area contributed by atoms with Crippen molar-refractivity contribution in [3.05, 3.63) is 35.4 Å². The van der Waals surface area contributed by atoms with Crippen LogP contribution in [0, 0.1) is 0 Å². The van der Waals surface area contributed by atoms with Crippen LogP contribution < -0.4 is 0 Å². The molecule has 1 nitrogen and oxygen atoms in total. The fourth-order valence-electron chi connectivity index (χ4n) is 2.40. The molecule has 1 aromatic carbocycles. The predicted molar refractivity (Wildman–Crippen MR) is 80.7 cm³/mol. The van der Waals surface area contributed by atoms with Gasteiger partial charge in [0.15, 0.2) is 0 Å². The minimum absolute atomic E-state index is 0.000823. The van der Waals surface area contributed by atoms with E-state index in [0.29, 0.717) is 5.56 Å². The Balaban J connectivity index is 3.26. The summed E-state index contributed by atoms with van der Waals surface area (Å²) in [6.45, 7) is 3.56. The van der Waals surface area contributed by atoms with Crippen molar-refractivity contribution < 1.29 is 53.0 Å². The molecule has 168 valence electrons. The molecular weight excluding hydrogens is 429 g/mol. The number of halogens is 11. The maximum absolute atomic E-state index is 13.9. The molecule has 0 bridgehead atoms. The standard InChI is InChI=1S/C17H17F11O/c1-9(2)10-4-6-11(7-5-10)12(29-3)8-13(18,19)14(20,21)15(22,23)16(24,25)17(26,27)28/h4-7,9,12H,8H2,1-3H3. The molecule has 0 aromatic heterocycles. The van der Waals surface area contributed by atoms with Gasteiger partial charge in [-0.05, 0) is 17.0 Å². The van der Waals surface area contributed by atoms with Crippen molar-refractivity contribution >= 4 is 0 Å². The summed E-state index contributed by atoms with van der Waals surface area (Å²) in [6, 6.07) is 5.16. The van der Waals surface area contributed by atoms with Crippen LogP contribution in [0.4, 0.5) is 48.3 Å². The molecule has 0 aliphatic rings. The van der Waals surface area contributed by atoms with Crippen molar-refractivity contribution in [2.75, 3.05) is 7.11 Å². The van der Waals surface area contributed by atoms with Gasteiger partial charge in [-0.2, -0.15) is 48.3 Å². The van der Waals surface area contributed by atoms with Crippen LogP contribution in [0.3, 0.4) is 0 Å². The second-order valence-corrected chi connectivity index (χ2v) is 6.68. The highest BCUT2D eigenvalue weighted by atomic mass is 19.4. The van der Waals surface area contributed by atoms with Gasteiger partial charge in [0.25, 0.3) is 0 Å². The summed E-state index contributed by atoms with van der Waals surface area (Å²) >= 11 is 0. The van der Waals surface area contributed by atoms with Gasteiger partial charge in [0.05, 0.1) is 6.10 Å². The first kappa shape index (κ1) is 25.4. The average molecular weight is 446 g/mol. The molecule has 0 amide bonds. The molecule has 0 N–H and O–H groups in total. The summed E-state index contributed by atoms with van der Waals surface area (Å²) in [4.78, 5) is 0. The zero-order valence-electron chi connectivity index (χ0n) is 15.2. The van der Waals surface area contributed by atoms with E-state index >= 15 is 0 Å². The van der Waals surface area contributed by atoms with E-state index < -0.39 is 42.4 Å². The molecular formula is C17H17F11O. The van der Waals surface area contributed by atoms with E-state index in [-0.39, 0.29) is 11.5 Å². The minimum atomic E-state index is -7.42. The van der Waals surface area contributed by atoms with Crippen molar-refractivity contribution in [2.24, 2.45) is 0 Å². The Kier molecular flexibility index (Phi) is 6.95. The quantitative estimate of drug-likeness (QED) is 0.391. The van der Waals surface area contributed by atoms with Crippen LogP contribution in [0.2, 0.25) is 0 Å². The van der Waals surface area contributed by atoms with Gasteiger partial charge in [-0.1, -0.05) is 38.1 Å². The van der Waals surface area contributed by atoms with Crippen LogP contribution in [-0.4, -0.2) is 37.0 Å². The van der Waals surface area contributed by atoms with Gasteiger partial charge in [0.2, 0.25) is 0 Å². The van der Waals surface area contributed by atoms with Crippen molar-refractivity contribution in [2.45, 2.75) is 62.2 Å². The van der Waals surface area contributed by atoms with Crippen LogP contribution in [0.5, 0.6) is 0 Å². The fourth-order valence-corrected chi connectivity index (χ4v) is 2.40. The van der Waals surface area contributed by atoms with Gasteiger partial charge < -0.3 is 4.74 Å². The third-order valence-corrected chi connectivity index (χ3v) is 4.31. The number of ether oxygens (including phenoxy) is 1. The first-order valence-corrected chi connectivity index (χ1v) is 8.04. The zero-order valence-corrected chi connectivity index (χ0v) is 15.2. The van der Waals surface area contributed by atoms with Gasteiger partial charge in [0.1, 0.15) is 0 Å². The summed E-state index contributed by atoms with van der Waals surface area (Å²) in [6.07, 6.45) is -11.4. The summed E-state index contributed by atoms with van der Waals surface area (Å²) in [5, 5.41) is 0. The Hall–Kier alpha value is -1.59. The van der Waals surface area contributed by atoms with E-state index in [4.69, 9.17) is 0 Å². The summed E-state index contributed by atoms with van der Waals surface area (Å²) in [5.74, 6) is -27.8. The van der Waals surface area contributed by atoms with Crippen molar-refractivity contribution in [3.63, 3.8) is 0 Å². The molecule has 1 atom stereocenters. The Bertz CT molecular complexity index is 678. The number of hydrogen-bond donors (Lipinski definition) is 0. The number of methoxy groups -OCH3 is 1. The van der Waals surface area contributed by atoms with Crippen LogP contribution in [0.15, 0.2) is 24.3 Å². The molecule has 0 aliphatic heterocycles. The largest absolute Gasteiger partial charge is 0.460 e. The van der Waals surface area contributed by atoms with E-state index in [1.54, 1.807) is 13.8 Å². The van der Waals surface area contributed by atoms with Crippen LogP contribution in [0.25, 0.3) is 0 Å². The number of alkyl halides is 11. The Morgan fingerprint density at radius 1 is 0.690 bits per heavy atom. The lowest BCUT2D eigenvalue weighted by molar-refractivity contribution is -0.423. The van der Waals surface area contributed by atoms with Crippen LogP contribution in [0.1, 0.15) is 43.4 Å². The minimum Gasteiger partial charge on any atom is -0.377 e. The van der Waals surface area contributed by atoms with E-state index in [1.165, 1.54) is 24.3 Å². The topological polar surface area (TPSA) is 9.23 Å². The van der Waals surface area contributed by atoms with Gasteiger partial charge in [0, 0.05) is 13.5 Å². The van der Waals surface area contributed by atoms with Crippen molar-refractivity contribution in [3.8, 4) is 0 Å². The van der Waals surface area contributed by atoms with E-state index in [0.717, 1.165) is 7.11 Å². The molecule has 0 spiro atoms. The van der Waals surface area contributed by atoms with E-state index in [9.17, 15) is 48.3 Å². The first-order chi connectivity index (χ1) is 12.8. The molecule has 29 heavy (non-hydrogen) atoms. The van der Waals surface area contributed by atoms with Gasteiger partial charge in [-0.25, -0.2) is 0 Å². The SMILES string of the molecule is COC(CC(F)(F)C(F)(F)C(F)(F)C(F)(F)C(F)(F)F)c1ccc(C(C)C)cc1. The molecule has 0 fully saturated rings. The molecule has 0 aliphatic carbocycles. The Labute approximate surface area is 158 Å². The summed E-state index contributed by atoms with van der Waals surface area (Å²) < 4.78 is 148. The molecule has 0 radical (unpaired) electrons. The molecule has 0 saturated carbocycles. The predicted octanol–water partition coefficient (Wildman–Crippen LogP) is 6.99. The lowest BCUT2D eigenvalue weighted by atomic mass is 9.91. The van der Waals surface area contributed by atoms with Crippen LogP contribution in [-0.2, 0) is 4.74 Å². The molecule has 0 saturated heterocycles. The smallest absolute Gasteiger partial charge is 0.377 e. The average Bonchev–Trinajstić information content (AvgIpc) is 2.58. The molecule has 1 rings (SSSR count). The monoisotopic (exact) mass is 446 g/mol. The lowest BCUT2D eigenvalue weighted by Gasteiger charge is -2.38. The highest BCUT2D eigenvalue weighted by molar-refractivity contribution is 5.26. The highest BCUT2D eigenvalue weighted by Gasteiger charge is 2.87. The lowest BCUT2D eigenvalue weighted by Crippen LogP contribution is -2.66.